The average molecular weight is 523 g/mol. The number of halogens is 3. The van der Waals surface area contributed by atoms with Crippen LogP contribution in [0.25, 0.3) is 0 Å². The second-order valence-electron chi connectivity index (χ2n) is 6.42. The minimum atomic E-state index is -0.326. The Kier molecular flexibility index (Phi) is 8.90. The van der Waals surface area contributed by atoms with E-state index in [0.29, 0.717) is 30.4 Å². The number of guanidine groups is 1. The highest BCUT2D eigenvalue weighted by atomic mass is 127. The van der Waals surface area contributed by atoms with Gasteiger partial charge in [0.2, 0.25) is 0 Å². The van der Waals surface area contributed by atoms with E-state index in [9.17, 15) is 4.39 Å². The van der Waals surface area contributed by atoms with Gasteiger partial charge in [-0.2, -0.15) is 5.10 Å². The summed E-state index contributed by atoms with van der Waals surface area (Å²) in [5.41, 5.74) is 0.900. The van der Waals surface area contributed by atoms with Crippen LogP contribution in [0.4, 0.5) is 4.39 Å². The molecule has 7 nitrogen and oxygen atoms in total. The first-order valence-corrected chi connectivity index (χ1v) is 9.29. The number of rotatable bonds is 6. The smallest absolute Gasteiger partial charge is 0.191 e. The summed E-state index contributed by atoms with van der Waals surface area (Å²) in [4.78, 5) is 8.76. The number of methoxy groups -OCH3 is 1. The lowest BCUT2D eigenvalue weighted by atomic mass is 10.1. The first-order valence-electron chi connectivity index (χ1n) is 8.91. The third-order valence-corrected chi connectivity index (χ3v) is 4.79. The molecule has 0 aliphatic carbocycles. The van der Waals surface area contributed by atoms with Crippen molar-refractivity contribution in [3.05, 3.63) is 46.3 Å². The van der Waals surface area contributed by atoms with Gasteiger partial charge in [-0.15, -0.1) is 24.0 Å². The maximum atomic E-state index is 13.1. The van der Waals surface area contributed by atoms with E-state index in [1.54, 1.807) is 20.2 Å². The number of benzene rings is 1. The molecule has 2 aromatic rings. The summed E-state index contributed by atoms with van der Waals surface area (Å²) in [7, 11) is 3.37. The van der Waals surface area contributed by atoms with E-state index in [0.717, 1.165) is 36.7 Å². The van der Waals surface area contributed by atoms with Crippen LogP contribution in [0.1, 0.15) is 23.6 Å². The summed E-state index contributed by atoms with van der Waals surface area (Å²) in [5.74, 6) is 2.10. The number of nitrogens with zero attached hydrogens (tertiary/aromatic N) is 4. The van der Waals surface area contributed by atoms with E-state index in [2.05, 4.69) is 25.7 Å². The Morgan fingerprint density at radius 1 is 1.46 bits per heavy atom. The molecule has 0 saturated heterocycles. The zero-order valence-electron chi connectivity index (χ0n) is 15.9. The molecule has 0 spiro atoms. The van der Waals surface area contributed by atoms with E-state index >= 15 is 0 Å². The van der Waals surface area contributed by atoms with Gasteiger partial charge in [-0.25, -0.2) is 14.1 Å². The number of fused-ring (bicyclic) bond motifs is 1. The number of aromatic nitrogens is 3. The molecule has 1 unspecified atom stereocenters. The van der Waals surface area contributed by atoms with Crippen LogP contribution >= 0.6 is 35.6 Å². The number of aryl methyl sites for hydroxylation is 1. The lowest BCUT2D eigenvalue weighted by molar-refractivity contribution is 0.177. The highest BCUT2D eigenvalue weighted by Crippen LogP contribution is 2.17. The second-order valence-corrected chi connectivity index (χ2v) is 6.83. The van der Waals surface area contributed by atoms with Gasteiger partial charge in [-0.1, -0.05) is 17.7 Å². The zero-order chi connectivity index (χ0) is 19.2. The van der Waals surface area contributed by atoms with E-state index in [1.165, 1.54) is 12.1 Å². The number of nitrogens with one attached hydrogen (secondary N) is 2. The van der Waals surface area contributed by atoms with Crippen molar-refractivity contribution in [2.45, 2.75) is 38.5 Å². The Morgan fingerprint density at radius 2 is 2.29 bits per heavy atom. The molecule has 1 aliphatic heterocycles. The van der Waals surface area contributed by atoms with Crippen molar-refractivity contribution in [3.63, 3.8) is 0 Å². The summed E-state index contributed by atoms with van der Waals surface area (Å²) >= 11 is 6.07. The highest BCUT2D eigenvalue weighted by Gasteiger charge is 2.22. The van der Waals surface area contributed by atoms with Crippen molar-refractivity contribution in [1.29, 1.82) is 0 Å². The summed E-state index contributed by atoms with van der Waals surface area (Å²) in [6, 6.07) is 4.68. The SMILES string of the molecule is CN=C(NCCc1ccc(F)cc1Cl)NC1CCc2nc(COC)nn2C1.I. The zero-order valence-corrected chi connectivity index (χ0v) is 19.0. The molecule has 2 N–H and O–H groups in total. The Hall–Kier alpha value is -1.46. The fraction of sp³-hybridized carbons (Fsp3) is 0.500. The van der Waals surface area contributed by atoms with Gasteiger partial charge in [0.25, 0.3) is 0 Å². The number of ether oxygens (including phenoxy) is 1. The Balaban J connectivity index is 0.00000280. The van der Waals surface area contributed by atoms with Crippen LogP contribution in [-0.2, 0) is 30.7 Å². The second kappa shape index (κ2) is 10.9. The molecule has 0 saturated carbocycles. The number of aliphatic imine (C=N–C) groups is 1. The van der Waals surface area contributed by atoms with E-state index in [4.69, 9.17) is 16.3 Å². The van der Waals surface area contributed by atoms with Gasteiger partial charge in [-0.05, 0) is 30.5 Å². The molecular weight excluding hydrogens is 498 g/mol. The molecule has 1 aromatic carbocycles. The van der Waals surface area contributed by atoms with Crippen LogP contribution < -0.4 is 10.6 Å². The summed E-state index contributed by atoms with van der Waals surface area (Å²) < 4.78 is 20.1. The molecule has 1 atom stereocenters. The van der Waals surface area contributed by atoms with Gasteiger partial charge in [0.15, 0.2) is 11.8 Å². The van der Waals surface area contributed by atoms with Gasteiger partial charge < -0.3 is 15.4 Å². The molecule has 0 fully saturated rings. The topological polar surface area (TPSA) is 76.4 Å². The van der Waals surface area contributed by atoms with Crippen molar-refractivity contribution in [3.8, 4) is 0 Å². The van der Waals surface area contributed by atoms with E-state index < -0.39 is 0 Å². The quantitative estimate of drug-likeness (QED) is 0.347. The lowest BCUT2D eigenvalue weighted by Gasteiger charge is -2.25. The number of hydrogen-bond acceptors (Lipinski definition) is 4. The van der Waals surface area contributed by atoms with E-state index in [1.807, 2.05) is 4.68 Å². The molecule has 1 aliphatic rings. The largest absolute Gasteiger partial charge is 0.377 e. The van der Waals surface area contributed by atoms with Crippen LogP contribution in [-0.4, -0.2) is 47.5 Å². The predicted molar refractivity (Wildman–Crippen MR) is 118 cm³/mol. The Morgan fingerprint density at radius 3 is 3.00 bits per heavy atom. The fourth-order valence-corrected chi connectivity index (χ4v) is 3.36. The van der Waals surface area contributed by atoms with Crippen LogP contribution in [0.15, 0.2) is 23.2 Å². The van der Waals surface area contributed by atoms with Crippen molar-refractivity contribution in [2.75, 3.05) is 20.7 Å². The van der Waals surface area contributed by atoms with Crippen molar-refractivity contribution in [2.24, 2.45) is 4.99 Å². The lowest BCUT2D eigenvalue weighted by Crippen LogP contribution is -2.47. The minimum absolute atomic E-state index is 0. The van der Waals surface area contributed by atoms with Gasteiger partial charge in [0.05, 0.1) is 6.54 Å². The Labute approximate surface area is 186 Å². The standard InChI is InChI=1S/C18H24ClFN6O.HI/c1-21-18(22-8-7-12-3-4-13(20)9-15(12)19)23-14-5-6-17-24-16(11-27-2)25-26(17)10-14;/h3-4,9,14H,5-8,10-11H2,1-2H3,(H2,21,22,23);1H. The third-order valence-electron chi connectivity index (χ3n) is 4.44. The van der Waals surface area contributed by atoms with Crippen LogP contribution in [0.2, 0.25) is 5.02 Å². The molecule has 3 rings (SSSR count). The summed E-state index contributed by atoms with van der Waals surface area (Å²) in [6.07, 6.45) is 2.49. The monoisotopic (exact) mass is 522 g/mol. The maximum absolute atomic E-state index is 13.1. The maximum Gasteiger partial charge on any atom is 0.191 e. The van der Waals surface area contributed by atoms with Gasteiger partial charge in [-0.3, -0.25) is 4.99 Å². The average Bonchev–Trinajstić information content (AvgIpc) is 3.04. The normalized spacial score (nSPS) is 16.3. The molecule has 0 amide bonds. The summed E-state index contributed by atoms with van der Waals surface area (Å²) in [6.45, 7) is 1.80. The van der Waals surface area contributed by atoms with Gasteiger partial charge in [0.1, 0.15) is 18.2 Å². The number of hydrogen-bond donors (Lipinski definition) is 2. The van der Waals surface area contributed by atoms with Gasteiger partial charge in [0, 0.05) is 38.2 Å². The van der Waals surface area contributed by atoms with Crippen molar-refractivity contribution >= 4 is 41.5 Å². The molecule has 0 radical (unpaired) electrons. The molecule has 10 heteroatoms. The molecule has 28 heavy (non-hydrogen) atoms. The van der Waals surface area contributed by atoms with Crippen LogP contribution in [0.3, 0.4) is 0 Å². The van der Waals surface area contributed by atoms with E-state index in [-0.39, 0.29) is 35.8 Å². The molecule has 154 valence electrons. The fourth-order valence-electron chi connectivity index (χ4n) is 3.10. The van der Waals surface area contributed by atoms with Crippen LogP contribution in [0.5, 0.6) is 0 Å². The first kappa shape index (κ1) is 22.8. The van der Waals surface area contributed by atoms with Gasteiger partial charge >= 0.3 is 0 Å². The molecule has 2 heterocycles. The minimum Gasteiger partial charge on any atom is -0.377 e. The predicted octanol–water partition coefficient (Wildman–Crippen LogP) is 2.56. The molecule has 0 bridgehead atoms. The van der Waals surface area contributed by atoms with Crippen LogP contribution in [0, 0.1) is 5.82 Å². The molecular formula is C18H25ClFIN6O. The van der Waals surface area contributed by atoms with Crippen molar-refractivity contribution in [1.82, 2.24) is 25.4 Å². The Bertz CT molecular complexity index is 815. The first-order chi connectivity index (χ1) is 13.1. The highest BCUT2D eigenvalue weighted by molar-refractivity contribution is 14.0. The summed E-state index contributed by atoms with van der Waals surface area (Å²) in [5, 5.41) is 11.6. The van der Waals surface area contributed by atoms with Crippen molar-refractivity contribution < 1.29 is 9.13 Å². The molecule has 1 aromatic heterocycles. The third kappa shape index (κ3) is 6.02.